The van der Waals surface area contributed by atoms with Gasteiger partial charge in [-0.05, 0) is 26.9 Å². The van der Waals surface area contributed by atoms with E-state index in [1.165, 1.54) is 0 Å². The summed E-state index contributed by atoms with van der Waals surface area (Å²) in [5.74, 6) is 5.35. The standard InChI is InChI=1S/C8H19N3/c1-4-5-6-8(10-9)7-11(2)3/h4,8,10H,1,5-7,9H2,2-3H3. The first-order valence-electron chi connectivity index (χ1n) is 3.92. The highest BCUT2D eigenvalue weighted by Gasteiger charge is 2.05. The fraction of sp³-hybridized carbons (Fsp3) is 0.750. The molecule has 0 spiro atoms. The molecule has 66 valence electrons. The van der Waals surface area contributed by atoms with Crippen LogP contribution in [0, 0.1) is 0 Å². The van der Waals surface area contributed by atoms with Crippen LogP contribution in [0.25, 0.3) is 0 Å². The molecule has 0 radical (unpaired) electrons. The summed E-state index contributed by atoms with van der Waals surface area (Å²) in [4.78, 5) is 2.12. The summed E-state index contributed by atoms with van der Waals surface area (Å²) < 4.78 is 0. The minimum Gasteiger partial charge on any atom is -0.308 e. The van der Waals surface area contributed by atoms with E-state index in [1.54, 1.807) is 0 Å². The Labute approximate surface area is 69.2 Å². The summed E-state index contributed by atoms with van der Waals surface area (Å²) in [6, 6.07) is 0.378. The maximum Gasteiger partial charge on any atom is 0.0340 e. The minimum atomic E-state index is 0.378. The number of hydrogen-bond donors (Lipinski definition) is 2. The molecule has 0 amide bonds. The van der Waals surface area contributed by atoms with Crippen LogP contribution in [-0.4, -0.2) is 31.6 Å². The van der Waals surface area contributed by atoms with Crippen molar-refractivity contribution in [3.8, 4) is 0 Å². The first kappa shape index (κ1) is 10.6. The zero-order valence-corrected chi connectivity index (χ0v) is 7.51. The SMILES string of the molecule is C=CCCC(CN(C)C)NN. The average Bonchev–Trinajstić information content (AvgIpc) is 1.97. The van der Waals surface area contributed by atoms with E-state index in [9.17, 15) is 0 Å². The van der Waals surface area contributed by atoms with Gasteiger partial charge in [-0.3, -0.25) is 11.3 Å². The van der Waals surface area contributed by atoms with Crippen LogP contribution in [0.15, 0.2) is 12.7 Å². The van der Waals surface area contributed by atoms with Crippen molar-refractivity contribution in [3.05, 3.63) is 12.7 Å². The number of likely N-dealkylation sites (N-methyl/N-ethyl adjacent to an activating group) is 1. The third-order valence-corrected chi connectivity index (χ3v) is 1.54. The van der Waals surface area contributed by atoms with Gasteiger partial charge in [0.1, 0.15) is 0 Å². The second-order valence-corrected chi connectivity index (χ2v) is 2.99. The highest BCUT2D eigenvalue weighted by atomic mass is 15.3. The smallest absolute Gasteiger partial charge is 0.0340 e. The Morgan fingerprint density at radius 1 is 1.64 bits per heavy atom. The van der Waals surface area contributed by atoms with Gasteiger partial charge in [-0.1, -0.05) is 6.08 Å². The maximum absolute atomic E-state index is 5.35. The second-order valence-electron chi connectivity index (χ2n) is 2.99. The summed E-state index contributed by atoms with van der Waals surface area (Å²) in [7, 11) is 4.08. The largest absolute Gasteiger partial charge is 0.308 e. The van der Waals surface area contributed by atoms with Crippen LogP contribution in [0.3, 0.4) is 0 Å². The summed E-state index contributed by atoms with van der Waals surface area (Å²) in [6.07, 6.45) is 3.99. The normalized spacial score (nSPS) is 13.5. The summed E-state index contributed by atoms with van der Waals surface area (Å²) in [5.41, 5.74) is 2.78. The number of hydrogen-bond acceptors (Lipinski definition) is 3. The Morgan fingerprint density at radius 3 is 2.64 bits per heavy atom. The molecule has 0 aromatic carbocycles. The monoisotopic (exact) mass is 157 g/mol. The van der Waals surface area contributed by atoms with E-state index in [4.69, 9.17) is 5.84 Å². The summed E-state index contributed by atoms with van der Waals surface area (Å²) in [6.45, 7) is 4.64. The highest BCUT2D eigenvalue weighted by Crippen LogP contribution is 1.97. The molecule has 3 nitrogen and oxygen atoms in total. The Bertz CT molecular complexity index is 102. The lowest BCUT2D eigenvalue weighted by molar-refractivity contribution is 0.330. The molecule has 0 saturated heterocycles. The molecule has 0 heterocycles. The van der Waals surface area contributed by atoms with Crippen molar-refractivity contribution in [2.45, 2.75) is 18.9 Å². The number of nitrogens with zero attached hydrogens (tertiary/aromatic N) is 1. The molecule has 0 fully saturated rings. The van der Waals surface area contributed by atoms with Crippen LogP contribution < -0.4 is 11.3 Å². The van der Waals surface area contributed by atoms with E-state index in [0.29, 0.717) is 6.04 Å². The van der Waals surface area contributed by atoms with Gasteiger partial charge in [0.15, 0.2) is 0 Å². The van der Waals surface area contributed by atoms with E-state index >= 15 is 0 Å². The average molecular weight is 157 g/mol. The fourth-order valence-electron chi connectivity index (χ4n) is 0.987. The van der Waals surface area contributed by atoms with Crippen molar-refractivity contribution >= 4 is 0 Å². The van der Waals surface area contributed by atoms with Gasteiger partial charge in [0.25, 0.3) is 0 Å². The minimum absolute atomic E-state index is 0.378. The number of rotatable bonds is 6. The molecule has 0 aromatic rings. The van der Waals surface area contributed by atoms with Crippen molar-refractivity contribution in [3.63, 3.8) is 0 Å². The van der Waals surface area contributed by atoms with E-state index in [1.807, 2.05) is 20.2 Å². The van der Waals surface area contributed by atoms with Crippen LogP contribution >= 0.6 is 0 Å². The first-order valence-corrected chi connectivity index (χ1v) is 3.92. The molecule has 1 atom stereocenters. The predicted molar refractivity (Wildman–Crippen MR) is 49.1 cm³/mol. The van der Waals surface area contributed by atoms with Gasteiger partial charge in [0, 0.05) is 12.6 Å². The zero-order chi connectivity index (χ0) is 8.69. The molecule has 3 N–H and O–H groups in total. The first-order chi connectivity index (χ1) is 5.20. The predicted octanol–water partition coefficient (Wildman–Crippen LogP) is 0.346. The van der Waals surface area contributed by atoms with Crippen LogP contribution in [0.2, 0.25) is 0 Å². The lowest BCUT2D eigenvalue weighted by Crippen LogP contribution is -2.42. The number of nitrogens with two attached hydrogens (primary N) is 1. The molecular formula is C8H19N3. The lowest BCUT2D eigenvalue weighted by atomic mass is 10.1. The van der Waals surface area contributed by atoms with Gasteiger partial charge in [-0.2, -0.15) is 0 Å². The third-order valence-electron chi connectivity index (χ3n) is 1.54. The lowest BCUT2D eigenvalue weighted by Gasteiger charge is -2.19. The van der Waals surface area contributed by atoms with Crippen LogP contribution in [0.5, 0.6) is 0 Å². The molecule has 0 saturated carbocycles. The van der Waals surface area contributed by atoms with E-state index in [0.717, 1.165) is 19.4 Å². The van der Waals surface area contributed by atoms with Gasteiger partial charge < -0.3 is 4.90 Å². The van der Waals surface area contributed by atoms with Crippen LogP contribution in [0.4, 0.5) is 0 Å². The fourth-order valence-corrected chi connectivity index (χ4v) is 0.987. The van der Waals surface area contributed by atoms with Crippen LogP contribution in [-0.2, 0) is 0 Å². The van der Waals surface area contributed by atoms with Crippen molar-refractivity contribution in [2.24, 2.45) is 5.84 Å². The van der Waals surface area contributed by atoms with Crippen molar-refractivity contribution in [1.29, 1.82) is 0 Å². The van der Waals surface area contributed by atoms with E-state index in [2.05, 4.69) is 16.9 Å². The van der Waals surface area contributed by atoms with Gasteiger partial charge in [0.05, 0.1) is 0 Å². The molecule has 0 aromatic heterocycles. The molecule has 1 unspecified atom stereocenters. The van der Waals surface area contributed by atoms with Gasteiger partial charge in [-0.15, -0.1) is 6.58 Å². The third kappa shape index (κ3) is 6.04. The quantitative estimate of drug-likeness (QED) is 0.332. The van der Waals surface area contributed by atoms with E-state index in [-0.39, 0.29) is 0 Å². The molecule has 11 heavy (non-hydrogen) atoms. The molecule has 0 aliphatic rings. The second kappa shape index (κ2) is 6.34. The van der Waals surface area contributed by atoms with Gasteiger partial charge in [0.2, 0.25) is 0 Å². The van der Waals surface area contributed by atoms with E-state index < -0.39 is 0 Å². The summed E-state index contributed by atoms with van der Waals surface area (Å²) >= 11 is 0. The Balaban J connectivity index is 3.48. The zero-order valence-electron chi connectivity index (χ0n) is 7.51. The maximum atomic E-state index is 5.35. The van der Waals surface area contributed by atoms with Crippen LogP contribution in [0.1, 0.15) is 12.8 Å². The Hall–Kier alpha value is -0.380. The van der Waals surface area contributed by atoms with Gasteiger partial charge in [-0.25, -0.2) is 0 Å². The number of hydrazine groups is 1. The summed E-state index contributed by atoms with van der Waals surface area (Å²) in [5, 5.41) is 0. The Morgan fingerprint density at radius 2 is 2.27 bits per heavy atom. The molecule has 0 bridgehead atoms. The topological polar surface area (TPSA) is 41.3 Å². The highest BCUT2D eigenvalue weighted by molar-refractivity contribution is 4.73. The molecule has 0 aliphatic heterocycles. The number of nitrogens with one attached hydrogen (secondary N) is 1. The molecular weight excluding hydrogens is 138 g/mol. The van der Waals surface area contributed by atoms with Crippen molar-refractivity contribution in [1.82, 2.24) is 10.3 Å². The Kier molecular flexibility index (Phi) is 6.12. The molecule has 3 heteroatoms. The number of allylic oxidation sites excluding steroid dienone is 1. The van der Waals surface area contributed by atoms with Gasteiger partial charge >= 0.3 is 0 Å². The molecule has 0 rings (SSSR count). The molecule has 0 aliphatic carbocycles. The van der Waals surface area contributed by atoms with Crippen molar-refractivity contribution in [2.75, 3.05) is 20.6 Å². The van der Waals surface area contributed by atoms with Crippen molar-refractivity contribution < 1.29 is 0 Å².